The van der Waals surface area contributed by atoms with Crippen LogP contribution in [0.25, 0.3) is 0 Å². The van der Waals surface area contributed by atoms with Crippen molar-refractivity contribution in [2.24, 2.45) is 0 Å². The first-order valence-corrected chi connectivity index (χ1v) is 7.41. The SMILES string of the molecule is C[C@H](C(=O)Nc1ccccc1Cl)N1C(=O)c2ccccc2C1=O. The van der Waals surface area contributed by atoms with Crippen molar-refractivity contribution in [3.05, 3.63) is 64.7 Å². The van der Waals surface area contributed by atoms with Gasteiger partial charge in [-0.25, -0.2) is 0 Å². The van der Waals surface area contributed by atoms with Gasteiger partial charge in [0.1, 0.15) is 6.04 Å². The number of anilines is 1. The minimum absolute atomic E-state index is 0.315. The van der Waals surface area contributed by atoms with Crippen LogP contribution in [0.15, 0.2) is 48.5 Å². The molecular weight excluding hydrogens is 316 g/mol. The molecule has 5 nitrogen and oxygen atoms in total. The molecule has 23 heavy (non-hydrogen) atoms. The summed E-state index contributed by atoms with van der Waals surface area (Å²) >= 11 is 6.00. The Balaban J connectivity index is 1.83. The summed E-state index contributed by atoms with van der Waals surface area (Å²) < 4.78 is 0. The smallest absolute Gasteiger partial charge is 0.262 e. The zero-order valence-electron chi connectivity index (χ0n) is 12.2. The normalized spacial score (nSPS) is 14.6. The third-order valence-electron chi connectivity index (χ3n) is 3.72. The lowest BCUT2D eigenvalue weighted by Crippen LogP contribution is -2.45. The van der Waals surface area contributed by atoms with E-state index in [0.717, 1.165) is 4.90 Å². The van der Waals surface area contributed by atoms with Gasteiger partial charge in [0.25, 0.3) is 11.8 Å². The third-order valence-corrected chi connectivity index (χ3v) is 4.05. The lowest BCUT2D eigenvalue weighted by Gasteiger charge is -2.21. The van der Waals surface area contributed by atoms with Crippen molar-refractivity contribution in [1.82, 2.24) is 4.90 Å². The van der Waals surface area contributed by atoms with Crippen LogP contribution >= 0.6 is 11.6 Å². The minimum Gasteiger partial charge on any atom is -0.323 e. The Morgan fingerprint density at radius 3 is 2.09 bits per heavy atom. The molecule has 2 aromatic carbocycles. The Labute approximate surface area is 137 Å². The number of imide groups is 1. The van der Waals surface area contributed by atoms with Crippen LogP contribution in [0.2, 0.25) is 5.02 Å². The predicted octanol–water partition coefficient (Wildman–Crippen LogP) is 2.96. The number of hydrogen-bond donors (Lipinski definition) is 1. The fraction of sp³-hybridized carbons (Fsp3) is 0.118. The zero-order valence-corrected chi connectivity index (χ0v) is 13.0. The number of fused-ring (bicyclic) bond motifs is 1. The van der Waals surface area contributed by atoms with E-state index in [1.54, 1.807) is 48.5 Å². The number of carbonyl (C=O) groups excluding carboxylic acids is 3. The molecule has 3 amide bonds. The monoisotopic (exact) mass is 328 g/mol. The van der Waals surface area contributed by atoms with Gasteiger partial charge in [-0.15, -0.1) is 0 Å². The molecule has 0 fully saturated rings. The minimum atomic E-state index is -0.946. The molecule has 6 heteroatoms. The molecule has 0 aliphatic carbocycles. The second kappa shape index (κ2) is 5.85. The molecule has 3 rings (SSSR count). The maximum atomic E-state index is 12.4. The van der Waals surface area contributed by atoms with Gasteiger partial charge < -0.3 is 5.32 Å². The number of halogens is 1. The Hall–Kier alpha value is -2.66. The molecule has 2 aromatic rings. The maximum absolute atomic E-state index is 12.4. The Kier molecular flexibility index (Phi) is 3.88. The van der Waals surface area contributed by atoms with Crippen LogP contribution in [0.4, 0.5) is 5.69 Å². The molecule has 1 heterocycles. The summed E-state index contributed by atoms with van der Waals surface area (Å²) in [5, 5.41) is 3.02. The van der Waals surface area contributed by atoms with E-state index in [-0.39, 0.29) is 0 Å². The van der Waals surface area contributed by atoms with E-state index < -0.39 is 23.8 Å². The van der Waals surface area contributed by atoms with Crippen molar-refractivity contribution in [2.75, 3.05) is 5.32 Å². The molecule has 0 radical (unpaired) electrons. The largest absolute Gasteiger partial charge is 0.323 e. The lowest BCUT2D eigenvalue weighted by atomic mass is 10.1. The summed E-state index contributed by atoms with van der Waals surface area (Å²) in [6.45, 7) is 1.51. The predicted molar refractivity (Wildman–Crippen MR) is 86.5 cm³/mol. The third kappa shape index (κ3) is 2.59. The lowest BCUT2D eigenvalue weighted by molar-refractivity contribution is -0.119. The molecule has 0 spiro atoms. The summed E-state index contributed by atoms with van der Waals surface area (Å²) in [6, 6.07) is 12.3. The first-order valence-electron chi connectivity index (χ1n) is 7.03. The van der Waals surface area contributed by atoms with Gasteiger partial charge in [0.2, 0.25) is 5.91 Å². The summed E-state index contributed by atoms with van der Waals surface area (Å²) in [4.78, 5) is 38.1. The van der Waals surface area contributed by atoms with Crippen molar-refractivity contribution in [1.29, 1.82) is 0 Å². The van der Waals surface area contributed by atoms with E-state index in [1.165, 1.54) is 6.92 Å². The topological polar surface area (TPSA) is 66.5 Å². The summed E-state index contributed by atoms with van der Waals surface area (Å²) in [5.74, 6) is -1.41. The van der Waals surface area contributed by atoms with E-state index in [2.05, 4.69) is 5.32 Å². The van der Waals surface area contributed by atoms with Crippen molar-refractivity contribution in [3.63, 3.8) is 0 Å². The van der Waals surface area contributed by atoms with Gasteiger partial charge >= 0.3 is 0 Å². The van der Waals surface area contributed by atoms with E-state index in [1.807, 2.05) is 0 Å². The van der Waals surface area contributed by atoms with E-state index >= 15 is 0 Å². The van der Waals surface area contributed by atoms with Crippen molar-refractivity contribution in [3.8, 4) is 0 Å². The first kappa shape index (κ1) is 15.2. The van der Waals surface area contributed by atoms with Gasteiger partial charge in [0.15, 0.2) is 0 Å². The highest BCUT2D eigenvalue weighted by Crippen LogP contribution is 2.26. The first-order chi connectivity index (χ1) is 11.0. The summed E-state index contributed by atoms with van der Waals surface area (Å²) in [6.07, 6.45) is 0. The van der Waals surface area contributed by atoms with Crippen LogP contribution < -0.4 is 5.32 Å². The Morgan fingerprint density at radius 1 is 1.00 bits per heavy atom. The highest BCUT2D eigenvalue weighted by molar-refractivity contribution is 6.33. The zero-order chi connectivity index (χ0) is 16.6. The van der Waals surface area contributed by atoms with Gasteiger partial charge in [-0.1, -0.05) is 35.9 Å². The number of carbonyl (C=O) groups is 3. The molecule has 116 valence electrons. The summed E-state index contributed by atoms with van der Waals surface area (Å²) in [5.41, 5.74) is 1.06. The molecule has 1 N–H and O–H groups in total. The number of rotatable bonds is 3. The highest BCUT2D eigenvalue weighted by Gasteiger charge is 2.40. The average molecular weight is 329 g/mol. The van der Waals surface area contributed by atoms with Crippen LogP contribution in [-0.4, -0.2) is 28.7 Å². The van der Waals surface area contributed by atoms with Crippen molar-refractivity contribution >= 4 is 35.0 Å². The van der Waals surface area contributed by atoms with E-state index in [0.29, 0.717) is 21.8 Å². The van der Waals surface area contributed by atoms with Gasteiger partial charge in [-0.3, -0.25) is 19.3 Å². The number of nitrogens with zero attached hydrogens (tertiary/aromatic N) is 1. The average Bonchev–Trinajstić information content (AvgIpc) is 2.81. The van der Waals surface area contributed by atoms with Crippen molar-refractivity contribution < 1.29 is 14.4 Å². The second-order valence-electron chi connectivity index (χ2n) is 5.17. The fourth-order valence-corrected chi connectivity index (χ4v) is 2.66. The number of hydrogen-bond acceptors (Lipinski definition) is 3. The number of benzene rings is 2. The molecule has 0 unspecified atom stereocenters. The summed E-state index contributed by atoms with van der Waals surface area (Å²) in [7, 11) is 0. The molecule has 1 aliphatic rings. The standard InChI is InChI=1S/C17H13ClN2O3/c1-10(15(21)19-14-9-5-4-8-13(14)18)20-16(22)11-6-2-3-7-12(11)17(20)23/h2-10H,1H3,(H,19,21)/t10-/m1/s1. The number of nitrogens with one attached hydrogen (secondary N) is 1. The van der Waals surface area contributed by atoms with Gasteiger partial charge in [0.05, 0.1) is 21.8 Å². The van der Waals surface area contributed by atoms with Crippen LogP contribution in [0, 0.1) is 0 Å². The highest BCUT2D eigenvalue weighted by atomic mass is 35.5. The van der Waals surface area contributed by atoms with Crippen LogP contribution in [0.3, 0.4) is 0 Å². The van der Waals surface area contributed by atoms with Gasteiger partial charge in [-0.2, -0.15) is 0 Å². The molecule has 1 aliphatic heterocycles. The second-order valence-corrected chi connectivity index (χ2v) is 5.58. The molecule has 0 aromatic heterocycles. The molecule has 0 saturated heterocycles. The quantitative estimate of drug-likeness (QED) is 0.881. The van der Waals surface area contributed by atoms with Crippen molar-refractivity contribution in [2.45, 2.75) is 13.0 Å². The molecule has 1 atom stereocenters. The number of amides is 3. The number of para-hydroxylation sites is 1. The van der Waals surface area contributed by atoms with Crippen LogP contribution in [-0.2, 0) is 4.79 Å². The van der Waals surface area contributed by atoms with Gasteiger partial charge in [-0.05, 0) is 31.2 Å². The fourth-order valence-electron chi connectivity index (χ4n) is 2.48. The molecule has 0 saturated carbocycles. The van der Waals surface area contributed by atoms with E-state index in [4.69, 9.17) is 11.6 Å². The Bertz CT molecular complexity index is 784. The van der Waals surface area contributed by atoms with Gasteiger partial charge in [0, 0.05) is 0 Å². The van der Waals surface area contributed by atoms with E-state index in [9.17, 15) is 14.4 Å². The molecular formula is C17H13ClN2O3. The maximum Gasteiger partial charge on any atom is 0.262 e. The van der Waals surface area contributed by atoms with Crippen LogP contribution in [0.5, 0.6) is 0 Å². The molecule has 0 bridgehead atoms. The van der Waals surface area contributed by atoms with Crippen LogP contribution in [0.1, 0.15) is 27.6 Å². The Morgan fingerprint density at radius 2 is 1.52 bits per heavy atom.